The second kappa shape index (κ2) is 7.55. The molecule has 0 aliphatic rings. The van der Waals surface area contributed by atoms with Crippen LogP contribution in [0.25, 0.3) is 0 Å². The number of alkyl halides is 1. The van der Waals surface area contributed by atoms with Crippen LogP contribution in [-0.4, -0.2) is 10.3 Å². The van der Waals surface area contributed by atoms with Gasteiger partial charge in [0, 0.05) is 26.7 Å². The molecule has 1 aromatic heterocycles. The highest BCUT2D eigenvalue weighted by Crippen LogP contribution is 2.23. The van der Waals surface area contributed by atoms with Gasteiger partial charge in [-0.3, -0.25) is 4.98 Å². The molecule has 1 nitrogen and oxygen atoms in total. The number of halogens is 3. The van der Waals surface area contributed by atoms with E-state index >= 15 is 0 Å². The molecule has 0 aliphatic heterocycles. The fourth-order valence-electron chi connectivity index (χ4n) is 2.06. The lowest BCUT2D eigenvalue weighted by Gasteiger charge is -2.15. The summed E-state index contributed by atoms with van der Waals surface area (Å²) in [5.41, 5.74) is 2.63. The van der Waals surface area contributed by atoms with Gasteiger partial charge in [0.25, 0.3) is 0 Å². The van der Waals surface area contributed by atoms with Crippen molar-refractivity contribution >= 4 is 47.8 Å². The molecule has 1 atom stereocenters. The summed E-state index contributed by atoms with van der Waals surface area (Å²) in [6, 6.07) is 10.6. The first-order valence-electron chi connectivity index (χ1n) is 6.08. The van der Waals surface area contributed by atoms with Crippen molar-refractivity contribution in [3.05, 3.63) is 62.8 Å². The van der Waals surface area contributed by atoms with E-state index in [1.54, 1.807) is 0 Å². The van der Waals surface area contributed by atoms with Crippen LogP contribution in [-0.2, 0) is 12.8 Å². The molecule has 0 saturated heterocycles. The average Bonchev–Trinajstić information content (AvgIpc) is 2.40. The summed E-state index contributed by atoms with van der Waals surface area (Å²) in [5.74, 6) is 0.565. The second-order valence-corrected chi connectivity index (χ2v) is 6.95. The first-order valence-corrected chi connectivity index (χ1v) is 8.78. The Hall–Kier alpha value is -0.190. The Morgan fingerprint density at radius 1 is 1.05 bits per heavy atom. The molecule has 1 aromatic carbocycles. The number of benzene rings is 1. The first kappa shape index (κ1) is 15.2. The monoisotopic (exact) mass is 445 g/mol. The minimum atomic E-state index is 0.565. The van der Waals surface area contributed by atoms with Crippen LogP contribution in [0.2, 0.25) is 0 Å². The zero-order chi connectivity index (χ0) is 13.7. The van der Waals surface area contributed by atoms with Crippen LogP contribution in [0.5, 0.6) is 0 Å². The topological polar surface area (TPSA) is 12.9 Å². The molecule has 100 valence electrons. The van der Waals surface area contributed by atoms with Crippen molar-refractivity contribution in [3.8, 4) is 0 Å². The van der Waals surface area contributed by atoms with E-state index in [1.165, 1.54) is 15.6 Å². The smallest absolute Gasteiger partial charge is 0.0410 e. The van der Waals surface area contributed by atoms with Gasteiger partial charge in [0.15, 0.2) is 0 Å². The lowest BCUT2D eigenvalue weighted by Crippen LogP contribution is -2.10. The summed E-state index contributed by atoms with van der Waals surface area (Å²) >= 11 is 10.7. The summed E-state index contributed by atoms with van der Waals surface area (Å²) in [6.07, 6.45) is 5.85. The third-order valence-corrected chi connectivity index (χ3v) is 5.09. The molecule has 0 N–H and O–H groups in total. The van der Waals surface area contributed by atoms with Crippen molar-refractivity contribution in [1.82, 2.24) is 4.98 Å². The number of rotatable bonds is 5. The zero-order valence-electron chi connectivity index (χ0n) is 10.3. The van der Waals surface area contributed by atoms with Gasteiger partial charge in [-0.25, -0.2) is 0 Å². The molecule has 0 saturated carbocycles. The van der Waals surface area contributed by atoms with E-state index in [0.717, 1.165) is 22.6 Å². The normalized spacial score (nSPS) is 12.4. The molecule has 19 heavy (non-hydrogen) atoms. The SMILES string of the molecule is BrCC(Cc1cncc(Br)c1)Cc1ccccc1Br. The van der Waals surface area contributed by atoms with Crippen LogP contribution >= 0.6 is 47.8 Å². The Kier molecular flexibility index (Phi) is 6.05. The minimum absolute atomic E-state index is 0.565. The van der Waals surface area contributed by atoms with Gasteiger partial charge in [-0.2, -0.15) is 0 Å². The Morgan fingerprint density at radius 2 is 1.84 bits per heavy atom. The molecule has 0 aliphatic carbocycles. The summed E-state index contributed by atoms with van der Waals surface area (Å²) in [6.45, 7) is 0. The molecule has 2 rings (SSSR count). The fourth-order valence-corrected chi connectivity index (χ4v) is 3.37. The van der Waals surface area contributed by atoms with Crippen LogP contribution in [0.1, 0.15) is 11.1 Å². The molecule has 1 heterocycles. The maximum atomic E-state index is 4.22. The predicted molar refractivity (Wildman–Crippen MR) is 90.8 cm³/mol. The molecule has 1 unspecified atom stereocenters. The van der Waals surface area contributed by atoms with E-state index in [-0.39, 0.29) is 0 Å². The van der Waals surface area contributed by atoms with Gasteiger partial charge in [0.1, 0.15) is 0 Å². The lowest BCUT2D eigenvalue weighted by atomic mass is 9.95. The Balaban J connectivity index is 2.07. The van der Waals surface area contributed by atoms with Crippen LogP contribution in [0.15, 0.2) is 51.7 Å². The highest BCUT2D eigenvalue weighted by atomic mass is 79.9. The fraction of sp³-hybridized carbons (Fsp3) is 0.267. The van der Waals surface area contributed by atoms with E-state index in [9.17, 15) is 0 Å². The third-order valence-electron chi connectivity index (χ3n) is 2.97. The van der Waals surface area contributed by atoms with E-state index in [2.05, 4.69) is 83.1 Å². The van der Waals surface area contributed by atoms with Gasteiger partial charge in [0.2, 0.25) is 0 Å². The molecule has 0 spiro atoms. The number of pyridine rings is 1. The summed E-state index contributed by atoms with van der Waals surface area (Å²) in [4.78, 5) is 4.22. The zero-order valence-corrected chi connectivity index (χ0v) is 15.1. The molecule has 0 amide bonds. The summed E-state index contributed by atoms with van der Waals surface area (Å²) < 4.78 is 2.23. The van der Waals surface area contributed by atoms with E-state index < -0.39 is 0 Å². The van der Waals surface area contributed by atoms with Gasteiger partial charge in [0.05, 0.1) is 0 Å². The van der Waals surface area contributed by atoms with Gasteiger partial charge >= 0.3 is 0 Å². The molecule has 4 heteroatoms. The van der Waals surface area contributed by atoms with E-state index in [1.807, 2.05) is 12.4 Å². The Bertz CT molecular complexity index is 542. The maximum Gasteiger partial charge on any atom is 0.0410 e. The van der Waals surface area contributed by atoms with Crippen molar-refractivity contribution in [2.24, 2.45) is 5.92 Å². The van der Waals surface area contributed by atoms with Crippen LogP contribution in [0, 0.1) is 5.92 Å². The average molecular weight is 448 g/mol. The number of nitrogens with zero attached hydrogens (tertiary/aromatic N) is 1. The molecular formula is C15H14Br3N. The standard InChI is InChI=1S/C15H14Br3N/c16-8-11(5-12-7-14(17)10-19-9-12)6-13-3-1-2-4-15(13)18/h1-4,7,9-11H,5-6,8H2. The van der Waals surface area contributed by atoms with Gasteiger partial charge in [-0.15, -0.1) is 0 Å². The van der Waals surface area contributed by atoms with Gasteiger partial charge in [-0.1, -0.05) is 50.1 Å². The maximum absolute atomic E-state index is 4.22. The largest absolute Gasteiger partial charge is 0.263 e. The molecule has 0 fully saturated rings. The molecule has 0 radical (unpaired) electrons. The van der Waals surface area contributed by atoms with Crippen molar-refractivity contribution in [2.75, 3.05) is 5.33 Å². The quantitative estimate of drug-likeness (QED) is 0.559. The first-order chi connectivity index (χ1) is 9.19. The van der Waals surface area contributed by atoms with Crippen LogP contribution in [0.4, 0.5) is 0 Å². The lowest BCUT2D eigenvalue weighted by molar-refractivity contribution is 0.589. The van der Waals surface area contributed by atoms with Crippen molar-refractivity contribution in [1.29, 1.82) is 0 Å². The van der Waals surface area contributed by atoms with Gasteiger partial charge < -0.3 is 0 Å². The van der Waals surface area contributed by atoms with Gasteiger partial charge in [-0.05, 0) is 57.9 Å². The summed E-state index contributed by atoms with van der Waals surface area (Å²) in [7, 11) is 0. The number of hydrogen-bond acceptors (Lipinski definition) is 1. The minimum Gasteiger partial charge on any atom is -0.263 e. The van der Waals surface area contributed by atoms with Crippen molar-refractivity contribution in [2.45, 2.75) is 12.8 Å². The van der Waals surface area contributed by atoms with Crippen LogP contribution < -0.4 is 0 Å². The highest BCUT2D eigenvalue weighted by molar-refractivity contribution is 9.10. The number of aromatic nitrogens is 1. The Morgan fingerprint density at radius 3 is 2.53 bits per heavy atom. The van der Waals surface area contributed by atoms with E-state index in [4.69, 9.17) is 0 Å². The Labute approximate surface area is 139 Å². The number of hydrogen-bond donors (Lipinski definition) is 0. The highest BCUT2D eigenvalue weighted by Gasteiger charge is 2.11. The third kappa shape index (κ3) is 4.69. The summed E-state index contributed by atoms with van der Waals surface area (Å²) in [5, 5.41) is 0.987. The van der Waals surface area contributed by atoms with E-state index in [0.29, 0.717) is 5.92 Å². The molecule has 0 bridgehead atoms. The molecule has 2 aromatic rings. The van der Waals surface area contributed by atoms with Crippen molar-refractivity contribution in [3.63, 3.8) is 0 Å². The predicted octanol–water partition coefficient (Wildman–Crippen LogP) is 5.40. The molecular weight excluding hydrogens is 434 g/mol. The second-order valence-electron chi connectivity index (χ2n) is 4.53. The van der Waals surface area contributed by atoms with Crippen molar-refractivity contribution < 1.29 is 0 Å². The van der Waals surface area contributed by atoms with Crippen LogP contribution in [0.3, 0.4) is 0 Å².